The second kappa shape index (κ2) is 5.10. The molecule has 14 heavy (non-hydrogen) atoms. The van der Waals surface area contributed by atoms with Gasteiger partial charge in [-0.1, -0.05) is 6.92 Å². The molecule has 1 saturated heterocycles. The van der Waals surface area contributed by atoms with Gasteiger partial charge in [-0.15, -0.1) is 0 Å². The van der Waals surface area contributed by atoms with Crippen molar-refractivity contribution in [2.75, 3.05) is 26.7 Å². The molecule has 0 saturated carbocycles. The maximum atomic E-state index is 5.91. The predicted octanol–water partition coefficient (Wildman–Crippen LogP) is 0.798. The maximum absolute atomic E-state index is 5.91. The molecule has 1 aliphatic heterocycles. The van der Waals surface area contributed by atoms with Crippen molar-refractivity contribution in [2.24, 2.45) is 5.73 Å². The first-order valence-electron chi connectivity index (χ1n) is 5.78. The van der Waals surface area contributed by atoms with Gasteiger partial charge in [0, 0.05) is 18.1 Å². The third-order valence-corrected chi connectivity index (χ3v) is 3.50. The molecule has 0 aliphatic carbocycles. The molecule has 3 nitrogen and oxygen atoms in total. The van der Waals surface area contributed by atoms with E-state index in [0.717, 1.165) is 6.54 Å². The molecule has 0 amide bonds. The maximum Gasteiger partial charge on any atom is 0.0330 e. The Hall–Kier alpha value is -0.120. The van der Waals surface area contributed by atoms with Crippen LogP contribution in [0.15, 0.2) is 0 Å². The van der Waals surface area contributed by atoms with Gasteiger partial charge in [0.1, 0.15) is 0 Å². The summed E-state index contributed by atoms with van der Waals surface area (Å²) < 4.78 is 0. The molecule has 0 aromatic heterocycles. The molecule has 1 fully saturated rings. The number of piperidine rings is 1. The highest BCUT2D eigenvalue weighted by Gasteiger charge is 2.32. The minimum atomic E-state index is 0.210. The molecule has 1 unspecified atom stereocenters. The lowest BCUT2D eigenvalue weighted by atomic mass is 9.86. The molecule has 0 spiro atoms. The van der Waals surface area contributed by atoms with Crippen molar-refractivity contribution in [1.29, 1.82) is 0 Å². The molecular formula is C11H25N3. The fourth-order valence-corrected chi connectivity index (χ4v) is 2.08. The average molecular weight is 199 g/mol. The van der Waals surface area contributed by atoms with Crippen molar-refractivity contribution < 1.29 is 0 Å². The third-order valence-electron chi connectivity index (χ3n) is 3.50. The third kappa shape index (κ3) is 2.94. The van der Waals surface area contributed by atoms with Crippen LogP contribution in [-0.2, 0) is 0 Å². The summed E-state index contributed by atoms with van der Waals surface area (Å²) in [6.07, 6.45) is 3.55. The predicted molar refractivity (Wildman–Crippen MR) is 61.4 cm³/mol. The molecule has 3 heteroatoms. The number of nitrogens with one attached hydrogen (secondary N) is 1. The molecule has 0 aromatic carbocycles. The van der Waals surface area contributed by atoms with Gasteiger partial charge >= 0.3 is 0 Å². The highest BCUT2D eigenvalue weighted by atomic mass is 15.1. The van der Waals surface area contributed by atoms with E-state index in [1.807, 2.05) is 0 Å². The van der Waals surface area contributed by atoms with Crippen LogP contribution in [-0.4, -0.2) is 43.2 Å². The Labute approximate surface area is 88.0 Å². The lowest BCUT2D eigenvalue weighted by molar-refractivity contribution is 0.150. The van der Waals surface area contributed by atoms with Crippen LogP contribution in [0.3, 0.4) is 0 Å². The zero-order valence-corrected chi connectivity index (χ0v) is 9.84. The van der Waals surface area contributed by atoms with E-state index in [0.29, 0.717) is 6.04 Å². The smallest absolute Gasteiger partial charge is 0.0330 e. The topological polar surface area (TPSA) is 41.3 Å². The molecule has 1 atom stereocenters. The van der Waals surface area contributed by atoms with Crippen molar-refractivity contribution in [3.8, 4) is 0 Å². The molecule has 1 rings (SSSR count). The average Bonchev–Trinajstić information content (AvgIpc) is 2.22. The van der Waals surface area contributed by atoms with Crippen LogP contribution in [0.2, 0.25) is 0 Å². The van der Waals surface area contributed by atoms with Crippen molar-refractivity contribution in [1.82, 2.24) is 10.2 Å². The number of hydrogen-bond acceptors (Lipinski definition) is 3. The molecule has 0 radical (unpaired) electrons. The fourth-order valence-electron chi connectivity index (χ4n) is 2.08. The van der Waals surface area contributed by atoms with Crippen LogP contribution in [0.1, 0.15) is 33.1 Å². The summed E-state index contributed by atoms with van der Waals surface area (Å²) in [5.41, 5.74) is 6.12. The van der Waals surface area contributed by atoms with Crippen LogP contribution in [0.25, 0.3) is 0 Å². The van der Waals surface area contributed by atoms with E-state index in [4.69, 9.17) is 5.73 Å². The summed E-state index contributed by atoms with van der Waals surface area (Å²) >= 11 is 0. The summed E-state index contributed by atoms with van der Waals surface area (Å²) in [4.78, 5) is 2.38. The molecule has 3 N–H and O–H groups in total. The Balaban J connectivity index is 2.49. The number of hydrogen-bond donors (Lipinski definition) is 2. The van der Waals surface area contributed by atoms with Gasteiger partial charge < -0.3 is 16.0 Å². The Morgan fingerprint density at radius 3 is 2.43 bits per heavy atom. The Kier molecular flexibility index (Phi) is 4.35. The van der Waals surface area contributed by atoms with E-state index in [1.165, 1.54) is 32.4 Å². The van der Waals surface area contributed by atoms with E-state index in [1.54, 1.807) is 0 Å². The van der Waals surface area contributed by atoms with Gasteiger partial charge in [0.25, 0.3) is 0 Å². The SMILES string of the molecule is CCC(C)NC1(CN)CCN(C)CC1. The second-order valence-electron chi connectivity index (χ2n) is 4.74. The van der Waals surface area contributed by atoms with Crippen LogP contribution in [0, 0.1) is 0 Å². The molecule has 0 aromatic rings. The zero-order valence-electron chi connectivity index (χ0n) is 9.84. The molecular weight excluding hydrogens is 174 g/mol. The summed E-state index contributed by atoms with van der Waals surface area (Å²) in [5.74, 6) is 0. The van der Waals surface area contributed by atoms with E-state index < -0.39 is 0 Å². The lowest BCUT2D eigenvalue weighted by Crippen LogP contribution is -2.59. The Morgan fingerprint density at radius 2 is 2.00 bits per heavy atom. The van der Waals surface area contributed by atoms with Gasteiger partial charge in [-0.2, -0.15) is 0 Å². The van der Waals surface area contributed by atoms with E-state index in [9.17, 15) is 0 Å². The number of nitrogens with two attached hydrogens (primary N) is 1. The Morgan fingerprint density at radius 1 is 1.43 bits per heavy atom. The van der Waals surface area contributed by atoms with Gasteiger partial charge in [-0.05, 0) is 46.3 Å². The van der Waals surface area contributed by atoms with Crippen molar-refractivity contribution in [2.45, 2.75) is 44.7 Å². The first kappa shape index (κ1) is 12.0. The largest absolute Gasteiger partial charge is 0.329 e. The van der Waals surface area contributed by atoms with Crippen molar-refractivity contribution >= 4 is 0 Å². The minimum absolute atomic E-state index is 0.210. The molecule has 84 valence electrons. The monoisotopic (exact) mass is 199 g/mol. The molecule has 0 bridgehead atoms. The zero-order chi connectivity index (χ0) is 10.6. The minimum Gasteiger partial charge on any atom is -0.329 e. The first-order valence-corrected chi connectivity index (χ1v) is 5.78. The second-order valence-corrected chi connectivity index (χ2v) is 4.74. The van der Waals surface area contributed by atoms with Crippen LogP contribution in [0.5, 0.6) is 0 Å². The summed E-state index contributed by atoms with van der Waals surface area (Å²) in [6, 6.07) is 0.585. The normalized spacial score (nSPS) is 24.9. The standard InChI is InChI=1S/C11H25N3/c1-4-10(2)13-11(9-12)5-7-14(3)8-6-11/h10,13H,4-9,12H2,1-3H3. The quantitative estimate of drug-likeness (QED) is 0.703. The summed E-state index contributed by atoms with van der Waals surface area (Å²) in [7, 11) is 2.18. The van der Waals surface area contributed by atoms with Crippen LogP contribution < -0.4 is 11.1 Å². The lowest BCUT2D eigenvalue weighted by Gasteiger charge is -2.42. The molecule has 1 heterocycles. The van der Waals surface area contributed by atoms with Gasteiger partial charge in [0.15, 0.2) is 0 Å². The van der Waals surface area contributed by atoms with E-state index in [2.05, 4.69) is 31.1 Å². The van der Waals surface area contributed by atoms with Crippen molar-refractivity contribution in [3.05, 3.63) is 0 Å². The fraction of sp³-hybridized carbons (Fsp3) is 1.00. The van der Waals surface area contributed by atoms with E-state index >= 15 is 0 Å². The van der Waals surface area contributed by atoms with Gasteiger partial charge in [0.05, 0.1) is 0 Å². The summed E-state index contributed by atoms with van der Waals surface area (Å²) in [5, 5.41) is 3.70. The van der Waals surface area contributed by atoms with Crippen LogP contribution in [0.4, 0.5) is 0 Å². The Bertz CT molecular complexity index is 162. The van der Waals surface area contributed by atoms with Gasteiger partial charge in [-0.25, -0.2) is 0 Å². The van der Waals surface area contributed by atoms with E-state index in [-0.39, 0.29) is 5.54 Å². The van der Waals surface area contributed by atoms with Gasteiger partial charge in [0.2, 0.25) is 0 Å². The summed E-state index contributed by atoms with van der Waals surface area (Å²) in [6.45, 7) is 7.57. The molecule has 1 aliphatic rings. The highest BCUT2D eigenvalue weighted by Crippen LogP contribution is 2.21. The number of likely N-dealkylation sites (tertiary alicyclic amines) is 1. The first-order chi connectivity index (χ1) is 6.62. The van der Waals surface area contributed by atoms with Gasteiger partial charge in [-0.3, -0.25) is 0 Å². The van der Waals surface area contributed by atoms with Crippen molar-refractivity contribution in [3.63, 3.8) is 0 Å². The number of nitrogens with zero attached hydrogens (tertiary/aromatic N) is 1. The van der Waals surface area contributed by atoms with Crippen LogP contribution >= 0.6 is 0 Å². The highest BCUT2D eigenvalue weighted by molar-refractivity contribution is 4.94. The number of rotatable bonds is 4.